The molecule has 78 valence electrons. The first-order valence-electron chi connectivity index (χ1n) is 4.35. The van der Waals surface area contributed by atoms with Crippen molar-refractivity contribution in [1.82, 2.24) is 4.98 Å². The maximum absolute atomic E-state index is 11.2. The molecule has 0 aromatic carbocycles. The average Bonchev–Trinajstić information content (AvgIpc) is 2.15. The smallest absolute Gasteiger partial charge is 0.177 e. The summed E-state index contributed by atoms with van der Waals surface area (Å²) in [6, 6.07) is 1.43. The highest BCUT2D eigenvalue weighted by molar-refractivity contribution is 7.90. The Balaban J connectivity index is 3.14. The molecule has 0 saturated heterocycles. The van der Waals surface area contributed by atoms with Gasteiger partial charge in [0.2, 0.25) is 0 Å². The van der Waals surface area contributed by atoms with Crippen LogP contribution in [0.4, 0.5) is 0 Å². The van der Waals surface area contributed by atoms with Crippen LogP contribution in [0.3, 0.4) is 0 Å². The Labute approximate surface area is 84.1 Å². The van der Waals surface area contributed by atoms with Gasteiger partial charge in [0.25, 0.3) is 0 Å². The van der Waals surface area contributed by atoms with Crippen molar-refractivity contribution in [2.45, 2.75) is 24.3 Å². The van der Waals surface area contributed by atoms with Crippen LogP contribution in [-0.2, 0) is 9.84 Å². The first kappa shape index (κ1) is 11.1. The van der Waals surface area contributed by atoms with E-state index < -0.39 is 9.84 Å². The highest BCUT2D eigenvalue weighted by Crippen LogP contribution is 2.16. The van der Waals surface area contributed by atoms with Crippen molar-refractivity contribution in [1.29, 1.82) is 0 Å². The molecule has 0 bridgehead atoms. The zero-order valence-electron chi connectivity index (χ0n) is 8.27. The summed E-state index contributed by atoms with van der Waals surface area (Å²) in [5.41, 5.74) is 6.53. The van der Waals surface area contributed by atoms with Crippen LogP contribution >= 0.6 is 0 Å². The van der Waals surface area contributed by atoms with Gasteiger partial charge in [0.1, 0.15) is 0 Å². The Bertz CT molecular complexity index is 415. The minimum absolute atomic E-state index is 0.149. The molecule has 4 nitrogen and oxygen atoms in total. The number of hydrogen-bond donors (Lipinski definition) is 1. The summed E-state index contributed by atoms with van der Waals surface area (Å²) >= 11 is 0. The standard InChI is InChI=1S/C9H14N2O2S/c1-3-9(10)7-4-8(6-11-5-7)14(2,12)13/h4-6,9H,3,10H2,1-2H3/t9-/m0/s1. The van der Waals surface area contributed by atoms with Crippen molar-refractivity contribution in [2.75, 3.05) is 6.26 Å². The van der Waals surface area contributed by atoms with Crippen LogP contribution in [0.1, 0.15) is 24.9 Å². The average molecular weight is 214 g/mol. The van der Waals surface area contributed by atoms with Gasteiger partial charge in [-0.25, -0.2) is 8.42 Å². The van der Waals surface area contributed by atoms with Crippen LogP contribution in [0, 0.1) is 0 Å². The lowest BCUT2D eigenvalue weighted by atomic mass is 10.1. The monoisotopic (exact) mass is 214 g/mol. The molecule has 0 aliphatic carbocycles. The second-order valence-electron chi connectivity index (χ2n) is 3.24. The molecule has 0 unspecified atom stereocenters. The summed E-state index contributed by atoms with van der Waals surface area (Å²) < 4.78 is 22.4. The van der Waals surface area contributed by atoms with Gasteiger partial charge in [-0.3, -0.25) is 4.98 Å². The van der Waals surface area contributed by atoms with E-state index in [9.17, 15) is 8.42 Å². The predicted octanol–water partition coefficient (Wildman–Crippen LogP) is 0.895. The Kier molecular flexibility index (Phi) is 3.23. The number of nitrogens with zero attached hydrogens (tertiary/aromatic N) is 1. The molecule has 1 heterocycles. The Morgan fingerprint density at radius 3 is 2.64 bits per heavy atom. The van der Waals surface area contributed by atoms with Crippen molar-refractivity contribution in [2.24, 2.45) is 5.73 Å². The SMILES string of the molecule is CC[C@H](N)c1cncc(S(C)(=O)=O)c1. The van der Waals surface area contributed by atoms with Crippen LogP contribution in [0.2, 0.25) is 0 Å². The Hall–Kier alpha value is -0.940. The van der Waals surface area contributed by atoms with Crippen LogP contribution < -0.4 is 5.73 Å². The molecule has 0 aliphatic rings. The Morgan fingerprint density at radius 1 is 1.50 bits per heavy atom. The van der Waals surface area contributed by atoms with Gasteiger partial charge in [-0.15, -0.1) is 0 Å². The van der Waals surface area contributed by atoms with Gasteiger partial charge < -0.3 is 5.73 Å². The van der Waals surface area contributed by atoms with E-state index in [1.54, 1.807) is 12.3 Å². The van der Waals surface area contributed by atoms with Gasteiger partial charge >= 0.3 is 0 Å². The molecule has 2 N–H and O–H groups in total. The first-order chi connectivity index (χ1) is 6.45. The summed E-state index contributed by atoms with van der Waals surface area (Å²) in [6.07, 6.45) is 4.85. The zero-order valence-corrected chi connectivity index (χ0v) is 9.08. The molecular weight excluding hydrogens is 200 g/mol. The summed E-state index contributed by atoms with van der Waals surface area (Å²) in [5.74, 6) is 0. The van der Waals surface area contributed by atoms with E-state index in [0.717, 1.165) is 18.2 Å². The minimum atomic E-state index is -3.19. The summed E-state index contributed by atoms with van der Waals surface area (Å²) in [4.78, 5) is 4.08. The molecule has 1 rings (SSSR count). The number of pyridine rings is 1. The van der Waals surface area contributed by atoms with E-state index in [2.05, 4.69) is 4.98 Å². The maximum Gasteiger partial charge on any atom is 0.177 e. The van der Waals surface area contributed by atoms with Gasteiger partial charge in [-0.05, 0) is 18.1 Å². The quantitative estimate of drug-likeness (QED) is 0.811. The topological polar surface area (TPSA) is 73.0 Å². The zero-order chi connectivity index (χ0) is 10.8. The molecule has 0 amide bonds. The third-order valence-electron chi connectivity index (χ3n) is 2.03. The van der Waals surface area contributed by atoms with Crippen LogP contribution in [0.25, 0.3) is 0 Å². The maximum atomic E-state index is 11.2. The van der Waals surface area contributed by atoms with Crippen LogP contribution in [0.5, 0.6) is 0 Å². The normalized spacial score (nSPS) is 13.9. The molecule has 1 aromatic heterocycles. The molecule has 1 atom stereocenters. The first-order valence-corrected chi connectivity index (χ1v) is 6.25. The molecule has 0 spiro atoms. The van der Waals surface area contributed by atoms with E-state index in [4.69, 9.17) is 5.73 Å². The molecule has 0 radical (unpaired) electrons. The molecule has 14 heavy (non-hydrogen) atoms. The molecule has 0 saturated carbocycles. The van der Waals surface area contributed by atoms with E-state index in [1.807, 2.05) is 6.92 Å². The highest BCUT2D eigenvalue weighted by atomic mass is 32.2. The number of rotatable bonds is 3. The van der Waals surface area contributed by atoms with Crippen molar-refractivity contribution in [3.05, 3.63) is 24.0 Å². The predicted molar refractivity (Wildman–Crippen MR) is 54.6 cm³/mol. The van der Waals surface area contributed by atoms with Crippen molar-refractivity contribution in [3.8, 4) is 0 Å². The summed E-state index contributed by atoms with van der Waals surface area (Å²) in [6.45, 7) is 1.94. The van der Waals surface area contributed by atoms with Crippen molar-refractivity contribution >= 4 is 9.84 Å². The number of hydrogen-bond acceptors (Lipinski definition) is 4. The van der Waals surface area contributed by atoms with E-state index >= 15 is 0 Å². The van der Waals surface area contributed by atoms with Crippen LogP contribution in [-0.4, -0.2) is 19.7 Å². The lowest BCUT2D eigenvalue weighted by Crippen LogP contribution is -2.10. The second-order valence-corrected chi connectivity index (χ2v) is 5.26. The van der Waals surface area contributed by atoms with Crippen molar-refractivity contribution in [3.63, 3.8) is 0 Å². The van der Waals surface area contributed by atoms with Gasteiger partial charge in [-0.2, -0.15) is 0 Å². The fourth-order valence-electron chi connectivity index (χ4n) is 1.08. The molecule has 1 aromatic rings. The lowest BCUT2D eigenvalue weighted by Gasteiger charge is -2.09. The lowest BCUT2D eigenvalue weighted by molar-refractivity contribution is 0.600. The van der Waals surface area contributed by atoms with Gasteiger partial charge in [0.15, 0.2) is 9.84 Å². The molecule has 5 heteroatoms. The number of nitrogens with two attached hydrogens (primary N) is 1. The van der Waals surface area contributed by atoms with E-state index in [0.29, 0.717) is 0 Å². The minimum Gasteiger partial charge on any atom is -0.324 e. The third-order valence-corrected chi connectivity index (χ3v) is 3.11. The fourth-order valence-corrected chi connectivity index (χ4v) is 1.68. The second kappa shape index (κ2) is 4.06. The Morgan fingerprint density at radius 2 is 2.14 bits per heavy atom. The van der Waals surface area contributed by atoms with E-state index in [-0.39, 0.29) is 10.9 Å². The summed E-state index contributed by atoms with van der Waals surface area (Å²) in [7, 11) is -3.19. The molecule has 0 fully saturated rings. The third kappa shape index (κ3) is 2.52. The van der Waals surface area contributed by atoms with Gasteiger partial charge in [-0.1, -0.05) is 6.92 Å². The van der Waals surface area contributed by atoms with Crippen LogP contribution in [0.15, 0.2) is 23.4 Å². The number of aromatic nitrogens is 1. The highest BCUT2D eigenvalue weighted by Gasteiger charge is 2.10. The van der Waals surface area contributed by atoms with Gasteiger partial charge in [0, 0.05) is 24.7 Å². The molecular formula is C9H14N2O2S. The number of sulfone groups is 1. The largest absolute Gasteiger partial charge is 0.324 e. The molecule has 0 aliphatic heterocycles. The van der Waals surface area contributed by atoms with Crippen molar-refractivity contribution < 1.29 is 8.42 Å². The summed E-state index contributed by atoms with van der Waals surface area (Å²) in [5, 5.41) is 0. The van der Waals surface area contributed by atoms with Gasteiger partial charge in [0.05, 0.1) is 4.90 Å². The fraction of sp³-hybridized carbons (Fsp3) is 0.444. The van der Waals surface area contributed by atoms with E-state index in [1.165, 1.54) is 6.20 Å².